The summed E-state index contributed by atoms with van der Waals surface area (Å²) >= 11 is 0. The Labute approximate surface area is 121 Å². The Morgan fingerprint density at radius 1 is 1.15 bits per heavy atom. The van der Waals surface area contributed by atoms with Gasteiger partial charge in [0.25, 0.3) is 0 Å². The van der Waals surface area contributed by atoms with E-state index in [-0.39, 0.29) is 11.8 Å². The van der Waals surface area contributed by atoms with Crippen molar-refractivity contribution in [2.75, 3.05) is 6.54 Å². The smallest absolute Gasteiger partial charge is 0.216 e. The van der Waals surface area contributed by atoms with Crippen LogP contribution in [0.2, 0.25) is 0 Å². The molecule has 1 unspecified atom stereocenters. The molecule has 0 aliphatic heterocycles. The van der Waals surface area contributed by atoms with E-state index in [1.165, 1.54) is 19.3 Å². The van der Waals surface area contributed by atoms with Crippen LogP contribution >= 0.6 is 0 Å². The minimum Gasteiger partial charge on any atom is -0.329 e. The van der Waals surface area contributed by atoms with E-state index in [0.717, 1.165) is 18.4 Å². The van der Waals surface area contributed by atoms with Crippen LogP contribution in [0.15, 0.2) is 30.3 Å². The van der Waals surface area contributed by atoms with Crippen LogP contribution in [0.25, 0.3) is 0 Å². The molecule has 1 aromatic rings. The molecule has 0 bridgehead atoms. The maximum absolute atomic E-state index is 12.2. The van der Waals surface area contributed by atoms with Crippen molar-refractivity contribution >= 4 is 10.0 Å². The van der Waals surface area contributed by atoms with Crippen molar-refractivity contribution in [2.45, 2.75) is 43.9 Å². The highest BCUT2D eigenvalue weighted by Crippen LogP contribution is 2.26. The Kier molecular flexibility index (Phi) is 5.57. The van der Waals surface area contributed by atoms with Gasteiger partial charge in [-0.2, -0.15) is 0 Å². The first-order valence-electron chi connectivity index (χ1n) is 7.35. The lowest BCUT2D eigenvalue weighted by atomic mass is 9.84. The molecule has 1 aliphatic rings. The van der Waals surface area contributed by atoms with E-state index in [4.69, 9.17) is 5.73 Å². The van der Waals surface area contributed by atoms with Crippen LogP contribution in [0.1, 0.15) is 37.7 Å². The molecule has 1 aromatic carbocycles. The van der Waals surface area contributed by atoms with Crippen LogP contribution < -0.4 is 10.5 Å². The minimum atomic E-state index is -3.33. The third-order valence-corrected chi connectivity index (χ3v) is 5.38. The lowest BCUT2D eigenvalue weighted by Gasteiger charge is -2.29. The molecule has 0 aromatic heterocycles. The fraction of sp³-hybridized carbons (Fsp3) is 0.600. The number of hydrogen-bond acceptors (Lipinski definition) is 3. The second-order valence-electron chi connectivity index (χ2n) is 5.60. The lowest BCUT2D eigenvalue weighted by molar-refractivity contribution is 0.294. The van der Waals surface area contributed by atoms with Gasteiger partial charge in [0, 0.05) is 12.6 Å². The maximum Gasteiger partial charge on any atom is 0.216 e. The zero-order chi connectivity index (χ0) is 14.4. The Hall–Kier alpha value is -0.910. The molecule has 0 amide bonds. The summed E-state index contributed by atoms with van der Waals surface area (Å²) in [6.07, 6.45) is 5.78. The number of benzene rings is 1. The van der Waals surface area contributed by atoms with E-state index in [2.05, 4.69) is 4.72 Å². The third kappa shape index (κ3) is 4.58. The highest BCUT2D eigenvalue weighted by atomic mass is 32.2. The molecule has 0 radical (unpaired) electrons. The number of nitrogens with one attached hydrogen (secondary N) is 1. The standard InChI is InChI=1S/C15H24N2O2S/c16-11-15(14-9-5-2-6-10-14)17-20(18,19)12-13-7-3-1-4-8-13/h1,3-4,7-8,14-15,17H,2,5-6,9-12,16H2. The Morgan fingerprint density at radius 2 is 1.80 bits per heavy atom. The molecular formula is C15H24N2O2S. The molecule has 0 saturated heterocycles. The normalized spacial score (nSPS) is 18.9. The molecule has 3 N–H and O–H groups in total. The van der Waals surface area contributed by atoms with E-state index in [0.29, 0.717) is 12.5 Å². The van der Waals surface area contributed by atoms with Crippen molar-refractivity contribution in [1.29, 1.82) is 0 Å². The molecule has 4 nitrogen and oxygen atoms in total. The van der Waals surface area contributed by atoms with Gasteiger partial charge in [0.15, 0.2) is 0 Å². The summed E-state index contributed by atoms with van der Waals surface area (Å²) in [7, 11) is -3.33. The van der Waals surface area contributed by atoms with Crippen molar-refractivity contribution in [1.82, 2.24) is 4.72 Å². The van der Waals surface area contributed by atoms with Gasteiger partial charge >= 0.3 is 0 Å². The molecule has 0 spiro atoms. The first-order valence-corrected chi connectivity index (χ1v) is 9.00. The maximum atomic E-state index is 12.2. The van der Waals surface area contributed by atoms with Gasteiger partial charge in [0.1, 0.15) is 0 Å². The van der Waals surface area contributed by atoms with Gasteiger partial charge < -0.3 is 5.73 Å². The predicted octanol–water partition coefficient (Wildman–Crippen LogP) is 2.01. The summed E-state index contributed by atoms with van der Waals surface area (Å²) in [4.78, 5) is 0. The second kappa shape index (κ2) is 7.20. The molecule has 1 fully saturated rings. The Morgan fingerprint density at radius 3 is 2.40 bits per heavy atom. The summed E-state index contributed by atoms with van der Waals surface area (Å²) < 4.78 is 27.3. The number of rotatable bonds is 6. The van der Waals surface area contributed by atoms with Crippen molar-refractivity contribution in [3.63, 3.8) is 0 Å². The van der Waals surface area contributed by atoms with Gasteiger partial charge in [-0.3, -0.25) is 0 Å². The molecule has 112 valence electrons. The minimum absolute atomic E-state index is 0.0249. The topological polar surface area (TPSA) is 72.2 Å². The SMILES string of the molecule is NCC(NS(=O)(=O)Cc1ccccc1)C1CCCCC1. The molecule has 0 heterocycles. The van der Waals surface area contributed by atoms with E-state index < -0.39 is 10.0 Å². The van der Waals surface area contributed by atoms with Gasteiger partial charge in [-0.05, 0) is 24.3 Å². The van der Waals surface area contributed by atoms with Crippen molar-refractivity contribution in [2.24, 2.45) is 11.7 Å². The number of nitrogens with two attached hydrogens (primary N) is 1. The first kappa shape index (κ1) is 15.5. The van der Waals surface area contributed by atoms with Crippen LogP contribution in [0, 0.1) is 5.92 Å². The fourth-order valence-electron chi connectivity index (χ4n) is 2.94. The fourth-order valence-corrected chi connectivity index (χ4v) is 4.40. The van der Waals surface area contributed by atoms with Crippen LogP contribution in [0.3, 0.4) is 0 Å². The van der Waals surface area contributed by atoms with Crippen molar-refractivity contribution in [3.8, 4) is 0 Å². The summed E-state index contributed by atoms with van der Waals surface area (Å²) in [6.45, 7) is 0.374. The largest absolute Gasteiger partial charge is 0.329 e. The first-order chi connectivity index (χ1) is 9.61. The highest BCUT2D eigenvalue weighted by Gasteiger charge is 2.26. The summed E-state index contributed by atoms with van der Waals surface area (Å²) in [6, 6.07) is 9.13. The number of sulfonamides is 1. The van der Waals surface area contributed by atoms with Crippen molar-refractivity contribution in [3.05, 3.63) is 35.9 Å². The summed E-state index contributed by atoms with van der Waals surface area (Å²) in [5, 5.41) is 0. The molecule has 1 atom stereocenters. The van der Waals surface area contributed by atoms with Crippen molar-refractivity contribution < 1.29 is 8.42 Å². The van der Waals surface area contributed by atoms with Gasteiger partial charge in [-0.25, -0.2) is 13.1 Å². The molecular weight excluding hydrogens is 272 g/mol. The van der Waals surface area contributed by atoms with Crippen LogP contribution in [0.4, 0.5) is 0 Å². The van der Waals surface area contributed by atoms with E-state index >= 15 is 0 Å². The molecule has 20 heavy (non-hydrogen) atoms. The highest BCUT2D eigenvalue weighted by molar-refractivity contribution is 7.88. The van der Waals surface area contributed by atoms with E-state index in [9.17, 15) is 8.42 Å². The average Bonchev–Trinajstić information content (AvgIpc) is 2.46. The van der Waals surface area contributed by atoms with Gasteiger partial charge in [0.05, 0.1) is 5.75 Å². The van der Waals surface area contributed by atoms with Gasteiger partial charge in [0.2, 0.25) is 10.0 Å². The summed E-state index contributed by atoms with van der Waals surface area (Å²) in [5.41, 5.74) is 6.58. The molecule has 2 rings (SSSR count). The lowest BCUT2D eigenvalue weighted by Crippen LogP contribution is -2.46. The van der Waals surface area contributed by atoms with Crippen LogP contribution in [-0.4, -0.2) is 21.0 Å². The van der Waals surface area contributed by atoms with E-state index in [1.807, 2.05) is 30.3 Å². The zero-order valence-electron chi connectivity index (χ0n) is 11.8. The molecule has 1 aliphatic carbocycles. The molecule has 1 saturated carbocycles. The third-order valence-electron chi connectivity index (χ3n) is 4.00. The van der Waals surface area contributed by atoms with E-state index in [1.54, 1.807) is 0 Å². The van der Waals surface area contributed by atoms with Crippen LogP contribution in [-0.2, 0) is 15.8 Å². The number of hydrogen-bond donors (Lipinski definition) is 2. The van der Waals surface area contributed by atoms with Gasteiger partial charge in [-0.15, -0.1) is 0 Å². The predicted molar refractivity (Wildman–Crippen MR) is 81.6 cm³/mol. The van der Waals surface area contributed by atoms with Crippen LogP contribution in [0.5, 0.6) is 0 Å². The Bertz CT molecular complexity index is 496. The molecule has 5 heteroatoms. The zero-order valence-corrected chi connectivity index (χ0v) is 12.6. The Balaban J connectivity index is 1.98. The monoisotopic (exact) mass is 296 g/mol. The average molecular weight is 296 g/mol. The second-order valence-corrected chi connectivity index (χ2v) is 7.36. The quantitative estimate of drug-likeness (QED) is 0.843. The van der Waals surface area contributed by atoms with Gasteiger partial charge in [-0.1, -0.05) is 49.6 Å². The summed E-state index contributed by atoms with van der Waals surface area (Å²) in [5.74, 6) is 0.413.